The van der Waals surface area contributed by atoms with E-state index in [4.69, 9.17) is 28.3 Å². The first-order valence-corrected chi connectivity index (χ1v) is 6.95. The van der Waals surface area contributed by atoms with Gasteiger partial charge in [-0.05, 0) is 6.42 Å². The topological polar surface area (TPSA) is 64.3 Å². The largest absolute Gasteiger partial charge is 0.573 e. The molecule has 0 fully saturated rings. The summed E-state index contributed by atoms with van der Waals surface area (Å²) in [6.07, 6.45) is -3.46. The maximum absolute atomic E-state index is 12.2. The number of rotatable bonds is 4. The average Bonchev–Trinajstić information content (AvgIpc) is 2.79. The van der Waals surface area contributed by atoms with E-state index < -0.39 is 18.1 Å². The summed E-state index contributed by atoms with van der Waals surface area (Å²) < 4.78 is 41.7. The summed E-state index contributed by atoms with van der Waals surface area (Å²) in [5.74, 6) is -1.77. The van der Waals surface area contributed by atoms with Gasteiger partial charge in [-0.25, -0.2) is 9.48 Å². The molecule has 5 nitrogen and oxygen atoms in total. The number of aromatic carboxylic acids is 1. The molecule has 0 unspecified atom stereocenters. The van der Waals surface area contributed by atoms with Crippen LogP contribution in [0.4, 0.5) is 13.2 Å². The van der Waals surface area contributed by atoms with Gasteiger partial charge in [0.25, 0.3) is 0 Å². The van der Waals surface area contributed by atoms with Gasteiger partial charge in [0.15, 0.2) is 0 Å². The summed E-state index contributed by atoms with van der Waals surface area (Å²) in [5.41, 5.74) is 0.341. The Hall–Kier alpha value is -1.93. The molecule has 0 spiro atoms. The van der Waals surface area contributed by atoms with E-state index in [1.165, 1.54) is 4.68 Å². The average molecular weight is 369 g/mol. The van der Waals surface area contributed by atoms with Crippen molar-refractivity contribution in [2.24, 2.45) is 0 Å². The lowest BCUT2D eigenvalue weighted by molar-refractivity contribution is -0.274. The zero-order chi connectivity index (χ0) is 17.4. The van der Waals surface area contributed by atoms with Crippen LogP contribution in [-0.4, -0.2) is 27.2 Å². The number of aromatic nitrogens is 2. The molecule has 0 bridgehead atoms. The number of carbonyl (C=O) groups is 1. The van der Waals surface area contributed by atoms with Crippen LogP contribution in [0.15, 0.2) is 18.3 Å². The summed E-state index contributed by atoms with van der Waals surface area (Å²) in [6, 6.07) is 1.86. The van der Waals surface area contributed by atoms with E-state index in [1.807, 2.05) is 0 Å². The molecular weight excluding hydrogens is 360 g/mol. The molecule has 0 aliphatic heterocycles. The number of hydrogen-bond donors (Lipinski definition) is 1. The van der Waals surface area contributed by atoms with Crippen molar-refractivity contribution < 1.29 is 27.8 Å². The highest BCUT2D eigenvalue weighted by Crippen LogP contribution is 2.36. The third-order valence-corrected chi connectivity index (χ3v) is 3.45. The number of carboxylic acid groups (broad SMARTS) is 1. The highest BCUT2D eigenvalue weighted by Gasteiger charge is 2.32. The van der Waals surface area contributed by atoms with E-state index in [0.29, 0.717) is 12.1 Å². The summed E-state index contributed by atoms with van der Waals surface area (Å²) in [5, 5.41) is 12.7. The van der Waals surface area contributed by atoms with E-state index >= 15 is 0 Å². The van der Waals surface area contributed by atoms with Crippen LogP contribution >= 0.6 is 23.2 Å². The molecule has 1 aromatic heterocycles. The van der Waals surface area contributed by atoms with E-state index in [0.717, 1.165) is 18.3 Å². The molecule has 0 aliphatic carbocycles. The third kappa shape index (κ3) is 3.70. The van der Waals surface area contributed by atoms with Crippen molar-refractivity contribution in [3.63, 3.8) is 0 Å². The summed E-state index contributed by atoms with van der Waals surface area (Å²) >= 11 is 12.0. The molecular formula is C13H9Cl2F3N2O3. The normalized spacial score (nSPS) is 11.6. The first-order valence-electron chi connectivity index (χ1n) is 6.19. The van der Waals surface area contributed by atoms with E-state index in [2.05, 4.69) is 9.84 Å². The van der Waals surface area contributed by atoms with Crippen LogP contribution in [0, 0.1) is 0 Å². The monoisotopic (exact) mass is 368 g/mol. The fourth-order valence-corrected chi connectivity index (χ4v) is 2.65. The second-order valence-electron chi connectivity index (χ2n) is 4.36. The molecule has 124 valence electrons. The van der Waals surface area contributed by atoms with Crippen molar-refractivity contribution >= 4 is 29.2 Å². The van der Waals surface area contributed by atoms with Crippen LogP contribution in [0.2, 0.25) is 10.0 Å². The molecule has 0 saturated carbocycles. The van der Waals surface area contributed by atoms with Crippen molar-refractivity contribution in [3.05, 3.63) is 39.6 Å². The standard InChI is InChI=1S/C13H9Cl2F3N2O3/c1-2-10-7(12(21)22)5-19-20(10)11-8(14)3-6(4-9(11)15)23-13(16,17)18/h3-5H,2H2,1H3,(H,21,22). The zero-order valence-electron chi connectivity index (χ0n) is 11.5. The molecule has 0 atom stereocenters. The van der Waals surface area contributed by atoms with Crippen molar-refractivity contribution in [2.75, 3.05) is 0 Å². The summed E-state index contributed by atoms with van der Waals surface area (Å²) in [6.45, 7) is 1.70. The van der Waals surface area contributed by atoms with Crippen molar-refractivity contribution in [1.29, 1.82) is 0 Å². The Morgan fingerprint density at radius 1 is 1.35 bits per heavy atom. The lowest BCUT2D eigenvalue weighted by Crippen LogP contribution is -2.17. The van der Waals surface area contributed by atoms with Crippen LogP contribution in [-0.2, 0) is 6.42 Å². The smallest absolute Gasteiger partial charge is 0.478 e. The van der Waals surface area contributed by atoms with Crippen LogP contribution in [0.3, 0.4) is 0 Å². The van der Waals surface area contributed by atoms with Gasteiger partial charge in [0.05, 0.1) is 21.9 Å². The van der Waals surface area contributed by atoms with Crippen molar-refractivity contribution in [2.45, 2.75) is 19.7 Å². The third-order valence-electron chi connectivity index (χ3n) is 2.87. The van der Waals surface area contributed by atoms with Gasteiger partial charge in [0.1, 0.15) is 17.0 Å². The Labute approximate surface area is 138 Å². The molecule has 2 rings (SSSR count). The van der Waals surface area contributed by atoms with Gasteiger partial charge in [-0.3, -0.25) is 0 Å². The fraction of sp³-hybridized carbons (Fsp3) is 0.231. The lowest BCUT2D eigenvalue weighted by Gasteiger charge is -2.14. The fourth-order valence-electron chi connectivity index (χ4n) is 2.02. The maximum Gasteiger partial charge on any atom is 0.573 e. The number of hydrogen-bond acceptors (Lipinski definition) is 3. The molecule has 1 aromatic carbocycles. The SMILES string of the molecule is CCc1c(C(=O)O)cnn1-c1c(Cl)cc(OC(F)(F)F)cc1Cl. The number of benzene rings is 1. The highest BCUT2D eigenvalue weighted by atomic mass is 35.5. The quantitative estimate of drug-likeness (QED) is 0.871. The minimum atomic E-state index is -4.88. The molecule has 0 aliphatic rings. The van der Waals surface area contributed by atoms with Gasteiger partial charge in [0.2, 0.25) is 0 Å². The molecule has 0 amide bonds. The number of halogens is 5. The van der Waals surface area contributed by atoms with Crippen LogP contribution < -0.4 is 4.74 Å². The highest BCUT2D eigenvalue weighted by molar-refractivity contribution is 6.38. The summed E-state index contributed by atoms with van der Waals surface area (Å²) in [4.78, 5) is 11.1. The lowest BCUT2D eigenvalue weighted by atomic mass is 10.2. The predicted molar refractivity (Wildman–Crippen MR) is 76.6 cm³/mol. The van der Waals surface area contributed by atoms with Crippen molar-refractivity contribution in [1.82, 2.24) is 9.78 Å². The molecule has 23 heavy (non-hydrogen) atoms. The Morgan fingerprint density at radius 2 is 1.91 bits per heavy atom. The first kappa shape index (κ1) is 17.4. The Morgan fingerprint density at radius 3 is 2.35 bits per heavy atom. The zero-order valence-corrected chi connectivity index (χ0v) is 13.0. The van der Waals surface area contributed by atoms with E-state index in [1.54, 1.807) is 6.92 Å². The molecule has 2 aromatic rings. The van der Waals surface area contributed by atoms with Crippen LogP contribution in [0.5, 0.6) is 5.75 Å². The number of nitrogens with zero attached hydrogens (tertiary/aromatic N) is 2. The van der Waals surface area contributed by atoms with Gasteiger partial charge in [0, 0.05) is 12.1 Å². The van der Waals surface area contributed by atoms with E-state index in [-0.39, 0.29) is 21.3 Å². The molecule has 10 heteroatoms. The Bertz CT molecular complexity index is 736. The molecule has 0 saturated heterocycles. The number of alkyl halides is 3. The van der Waals surface area contributed by atoms with E-state index in [9.17, 15) is 18.0 Å². The van der Waals surface area contributed by atoms with Gasteiger partial charge in [-0.2, -0.15) is 5.10 Å². The molecule has 0 radical (unpaired) electrons. The van der Waals surface area contributed by atoms with Crippen molar-refractivity contribution in [3.8, 4) is 11.4 Å². The molecule has 1 N–H and O–H groups in total. The number of ether oxygens (including phenoxy) is 1. The Balaban J connectivity index is 2.55. The van der Waals surface area contributed by atoms with Gasteiger partial charge >= 0.3 is 12.3 Å². The van der Waals surface area contributed by atoms with Crippen LogP contribution in [0.25, 0.3) is 5.69 Å². The minimum absolute atomic E-state index is 0.0461. The second kappa shape index (κ2) is 6.29. The van der Waals surface area contributed by atoms with Gasteiger partial charge in [-0.1, -0.05) is 30.1 Å². The molecule has 1 heterocycles. The number of carboxylic acids is 1. The second-order valence-corrected chi connectivity index (χ2v) is 5.17. The van der Waals surface area contributed by atoms with Gasteiger partial charge in [-0.15, -0.1) is 13.2 Å². The predicted octanol–water partition coefficient (Wildman–Crippen LogP) is 4.34. The van der Waals surface area contributed by atoms with Crippen LogP contribution in [0.1, 0.15) is 23.0 Å². The Kier molecular flexibility index (Phi) is 4.76. The maximum atomic E-state index is 12.2. The van der Waals surface area contributed by atoms with Gasteiger partial charge < -0.3 is 9.84 Å². The minimum Gasteiger partial charge on any atom is -0.478 e. The first-order chi connectivity index (χ1) is 10.6. The summed E-state index contributed by atoms with van der Waals surface area (Å²) in [7, 11) is 0.